The average molecular weight is 1130 g/mol. The number of ether oxygens (including phenoxy) is 3. The van der Waals surface area contributed by atoms with E-state index in [1.807, 2.05) is 6.92 Å². The summed E-state index contributed by atoms with van der Waals surface area (Å²) in [6.45, 7) is -2.66. The van der Waals surface area contributed by atoms with E-state index in [0.717, 1.165) is 14.2 Å². The van der Waals surface area contributed by atoms with Crippen LogP contribution in [0.1, 0.15) is 64.7 Å². The molecule has 6 amide bonds. The number of imidazole rings is 1. The van der Waals surface area contributed by atoms with Crippen molar-refractivity contribution < 1.29 is 70.5 Å². The van der Waals surface area contributed by atoms with Crippen molar-refractivity contribution in [2.75, 3.05) is 51.5 Å². The molecule has 11 atom stereocenters. The van der Waals surface area contributed by atoms with E-state index in [2.05, 4.69) is 64.1 Å². The van der Waals surface area contributed by atoms with E-state index < -0.39 is 105 Å². The molecule has 6 rings (SSSR count). The zero-order chi connectivity index (χ0) is 54.6. The lowest BCUT2D eigenvalue weighted by atomic mass is 10.0. The van der Waals surface area contributed by atoms with E-state index in [1.54, 1.807) is 38.1 Å². The molecule has 29 nitrogen and oxygen atoms in total. The number of nitrogens with zero attached hydrogens (tertiary/aromatic N) is 7. The van der Waals surface area contributed by atoms with Gasteiger partial charge in [-0.15, -0.1) is 0 Å². The molecular weight excluding hydrogens is 1070 g/mol. The molecule has 1 saturated heterocycles. The van der Waals surface area contributed by atoms with Crippen molar-refractivity contribution in [2.24, 2.45) is 27.9 Å². The highest BCUT2D eigenvalue weighted by atomic mass is 32.7. The Labute approximate surface area is 440 Å². The van der Waals surface area contributed by atoms with Gasteiger partial charge in [-0.25, -0.2) is 29.1 Å². The summed E-state index contributed by atoms with van der Waals surface area (Å²) in [5, 5.41) is 22.9. The molecule has 0 bridgehead atoms. The number of hydrogen-bond acceptors (Lipinski definition) is 22. The highest BCUT2D eigenvalue weighted by molar-refractivity contribution is 8.44. The highest BCUT2D eigenvalue weighted by Gasteiger charge is 2.53. The summed E-state index contributed by atoms with van der Waals surface area (Å²) in [5.74, 6) is -3.34. The van der Waals surface area contributed by atoms with Crippen molar-refractivity contribution in [3.63, 3.8) is 0 Å². The van der Waals surface area contributed by atoms with Gasteiger partial charge in [-0.1, -0.05) is 43.5 Å². The molecule has 2 aliphatic heterocycles. The molecule has 4 heterocycles. The zero-order valence-electron chi connectivity index (χ0n) is 41.5. The van der Waals surface area contributed by atoms with Gasteiger partial charge in [-0.3, -0.25) is 37.8 Å². The van der Waals surface area contributed by atoms with Gasteiger partial charge in [0.25, 0.3) is 0 Å². The van der Waals surface area contributed by atoms with Gasteiger partial charge in [0.2, 0.25) is 17.7 Å². The fourth-order valence-electron chi connectivity index (χ4n) is 8.18. The molecular formula is C42H62N14O15P2S2. The highest BCUT2D eigenvalue weighted by Crippen LogP contribution is 2.54. The van der Waals surface area contributed by atoms with Gasteiger partial charge in [0.15, 0.2) is 23.8 Å². The number of thiol groups is 1. The number of nitrogens with two attached hydrogens (primary N) is 2. The fourth-order valence-corrected chi connectivity index (χ4v) is 9.76. The monoisotopic (exact) mass is 1130 g/mol. The Hall–Kier alpha value is -5.62. The Kier molecular flexibility index (Phi) is 20.7. The van der Waals surface area contributed by atoms with E-state index >= 15 is 0 Å². The normalized spacial score (nSPS) is 23.7. The first kappa shape index (κ1) is 58.6. The third-order valence-electron chi connectivity index (χ3n) is 12.2. The number of anilines is 2. The van der Waals surface area contributed by atoms with Crippen LogP contribution in [0, 0.1) is 11.8 Å². The van der Waals surface area contributed by atoms with Gasteiger partial charge in [0, 0.05) is 32.5 Å². The lowest BCUT2D eigenvalue weighted by Gasteiger charge is -2.28. The number of rotatable bonds is 25. The number of nitrogen functional groups attached to an aromatic ring is 1. The molecule has 0 spiro atoms. The van der Waals surface area contributed by atoms with Gasteiger partial charge in [0.05, 0.1) is 31.4 Å². The van der Waals surface area contributed by atoms with Crippen LogP contribution in [0.4, 0.5) is 21.1 Å². The Morgan fingerprint density at radius 2 is 1.77 bits per heavy atom. The van der Waals surface area contributed by atoms with Crippen LogP contribution in [0.2, 0.25) is 0 Å². The fraction of sp³-hybridized carbons (Fsp3) is 0.595. The molecule has 0 radical (unpaired) electrons. The van der Waals surface area contributed by atoms with Crippen LogP contribution in [0.15, 0.2) is 47.3 Å². The second-order valence-corrected chi connectivity index (χ2v) is 23.9. The third kappa shape index (κ3) is 16.4. The standard InChI is InChI=1S/C42H62N14O15P2S2/c1-22(2)31(53-30(57)17-56-23(3)16-49-54-56)38(59)52-28(7-6-14-45-41(44)61)37(58)50-26-11-8-24(9-12-26)18-67-42(62)51-27-13-10-25(15-27)40(60)70-34-33(71-73(64,75)66-5)29(19-68-72(63,74)65-4)69-39(34)55-21-48-32-35(43)46-20-47-36(32)55/h8-9,11-12,20-23,25,27-29,31,33-34,39H,6-7,10,13-19H2,1-5H3,(H,50,58)(H,51,62)(H,52,59)(H,53,57)(H,63,74)(H,64,75)(H2,43,46,47)(H3,44,45,61)/t23?,25-,27-,28+,29-,31+,33-,34-,39-,72?,73?/m1/s1. The number of benzene rings is 1. The number of nitrogens with one attached hydrogen (secondary N) is 5. The van der Waals surface area contributed by atoms with Crippen LogP contribution >= 0.6 is 25.8 Å². The smallest absolute Gasteiger partial charge is 0.407 e. The number of esters is 1. The number of aromatic nitrogens is 4. The number of carbonyl (C=O) groups excluding carboxylic acids is 6. The lowest BCUT2D eigenvalue weighted by Crippen LogP contribution is -2.55. The van der Waals surface area contributed by atoms with Gasteiger partial charge in [0.1, 0.15) is 49.3 Å². The maximum absolute atomic E-state index is 14.0. The molecule has 3 aliphatic rings. The third-order valence-corrected chi connectivity index (χ3v) is 15.7. The van der Waals surface area contributed by atoms with Crippen LogP contribution in [-0.2, 0) is 74.5 Å². The molecule has 1 aromatic carbocycles. The summed E-state index contributed by atoms with van der Waals surface area (Å²) in [7, 11) is 2.26. The first-order valence-electron chi connectivity index (χ1n) is 23.6. The summed E-state index contributed by atoms with van der Waals surface area (Å²) in [6, 6.07) is 3.03. The van der Waals surface area contributed by atoms with Crippen LogP contribution < -0.4 is 38.1 Å². The van der Waals surface area contributed by atoms with Crippen molar-refractivity contribution in [1.82, 2.24) is 45.8 Å². The molecule has 1 aliphatic carbocycles. The first-order chi connectivity index (χ1) is 35.6. The molecule has 412 valence electrons. The molecule has 75 heavy (non-hydrogen) atoms. The summed E-state index contributed by atoms with van der Waals surface area (Å²) in [4.78, 5) is 102. The van der Waals surface area contributed by atoms with E-state index in [4.69, 9.17) is 55.6 Å². The number of primary amides is 1. The van der Waals surface area contributed by atoms with Crippen molar-refractivity contribution in [3.05, 3.63) is 42.5 Å². The number of carbonyl (C=O) groups is 6. The molecule has 1 saturated carbocycles. The SMILES string of the molecule is COP(=O)(S)OC[C@H]1O[C@@H](n2cnc3c(N)ncnc32)[C@H](OC(=O)[C@@H]2CC[C@@H](NC(=O)OCc3ccc(NC(=O)[C@H](CCCNC(N)=O)NC(=O)[C@@H](NC(=O)CN4N=NCC4C)C(C)C)cc3)C2)[C@@H]1OP(O)(=S)OC. The largest absolute Gasteiger partial charge is 0.454 e. The minimum atomic E-state index is -3.99. The van der Waals surface area contributed by atoms with Gasteiger partial charge >= 0.3 is 31.6 Å². The van der Waals surface area contributed by atoms with Crippen molar-refractivity contribution >= 4 is 96.1 Å². The second kappa shape index (κ2) is 26.4. The van der Waals surface area contributed by atoms with Gasteiger partial charge in [-0.2, -0.15) is 5.11 Å². The van der Waals surface area contributed by atoms with E-state index in [9.17, 15) is 38.2 Å². The quantitative estimate of drug-likeness (QED) is 0.0254. The zero-order valence-corrected chi connectivity index (χ0v) is 45.0. The maximum atomic E-state index is 14.0. The Morgan fingerprint density at radius 1 is 1.03 bits per heavy atom. The molecule has 2 aromatic heterocycles. The van der Waals surface area contributed by atoms with E-state index in [-0.39, 0.29) is 67.9 Å². The number of alkyl carbamates (subject to hydrolysis) is 1. The van der Waals surface area contributed by atoms with Crippen LogP contribution in [0.5, 0.6) is 0 Å². The number of fused-ring (bicyclic) bond motifs is 1. The van der Waals surface area contributed by atoms with E-state index in [0.29, 0.717) is 30.6 Å². The van der Waals surface area contributed by atoms with Gasteiger partial charge < -0.3 is 66.2 Å². The van der Waals surface area contributed by atoms with E-state index in [1.165, 1.54) is 22.2 Å². The number of amides is 6. The van der Waals surface area contributed by atoms with Crippen molar-refractivity contribution in [3.8, 4) is 0 Å². The van der Waals surface area contributed by atoms with Crippen molar-refractivity contribution in [1.29, 1.82) is 0 Å². The summed E-state index contributed by atoms with van der Waals surface area (Å²) < 4.78 is 53.0. The predicted molar refractivity (Wildman–Crippen MR) is 272 cm³/mol. The molecule has 3 aromatic rings. The lowest BCUT2D eigenvalue weighted by molar-refractivity contribution is -0.162. The summed E-state index contributed by atoms with van der Waals surface area (Å²) in [6.07, 6.45) is -2.24. The first-order valence-corrected chi connectivity index (χ1v) is 28.8. The van der Waals surface area contributed by atoms with Crippen molar-refractivity contribution in [2.45, 2.75) is 108 Å². The molecule has 33 heteroatoms. The van der Waals surface area contributed by atoms with Crippen LogP contribution in [0.25, 0.3) is 11.2 Å². The summed E-state index contributed by atoms with van der Waals surface area (Å²) in [5.41, 5.74) is 12.6. The minimum absolute atomic E-state index is 0.0557. The molecule has 10 N–H and O–H groups in total. The number of urea groups is 1. The molecule has 3 unspecified atom stereocenters. The Balaban J connectivity index is 1.04. The Bertz CT molecular complexity index is 2660. The minimum Gasteiger partial charge on any atom is -0.454 e. The van der Waals surface area contributed by atoms with Crippen LogP contribution in [-0.4, -0.2) is 148 Å². The van der Waals surface area contributed by atoms with Gasteiger partial charge in [-0.05, 0) is 74.4 Å². The number of hydrogen-bond donors (Lipinski definition) is 9. The van der Waals surface area contributed by atoms with Crippen LogP contribution in [0.3, 0.4) is 0 Å². The molecule has 2 fully saturated rings. The second-order valence-electron chi connectivity index (χ2n) is 18.0. The topological polar surface area (TPSA) is 388 Å². The Morgan fingerprint density at radius 3 is 2.44 bits per heavy atom. The maximum Gasteiger partial charge on any atom is 0.407 e. The average Bonchev–Trinajstić information content (AvgIpc) is 4.18. The predicted octanol–water partition coefficient (Wildman–Crippen LogP) is 2.35. The summed E-state index contributed by atoms with van der Waals surface area (Å²) >= 11 is 9.07.